The van der Waals surface area contributed by atoms with Crippen molar-refractivity contribution in [3.05, 3.63) is 269 Å². The van der Waals surface area contributed by atoms with Crippen LogP contribution in [0, 0.1) is 27.7 Å². The molecule has 0 amide bonds. The Hall–Kier alpha value is -8.14. The smallest absolute Gasteiger partial charge is 0.0463 e. The van der Waals surface area contributed by atoms with Crippen LogP contribution in [0.5, 0.6) is 0 Å². The van der Waals surface area contributed by atoms with Gasteiger partial charge >= 0.3 is 0 Å². The van der Waals surface area contributed by atoms with Crippen LogP contribution >= 0.6 is 0 Å². The van der Waals surface area contributed by atoms with Crippen molar-refractivity contribution in [2.75, 3.05) is 14.7 Å². The summed E-state index contributed by atoms with van der Waals surface area (Å²) in [7, 11) is 0. The van der Waals surface area contributed by atoms with Crippen LogP contribution in [0.1, 0.15) is 44.5 Å². The first kappa shape index (κ1) is 42.2. The maximum absolute atomic E-state index is 2.32. The molecule has 9 rings (SSSR count). The lowest BCUT2D eigenvalue weighted by Gasteiger charge is -2.29. The predicted molar refractivity (Wildman–Crippen MR) is 280 cm³/mol. The van der Waals surface area contributed by atoms with Gasteiger partial charge in [0.05, 0.1) is 0 Å². The molecule has 0 unspecified atom stereocenters. The van der Waals surface area contributed by atoms with Gasteiger partial charge in [0.25, 0.3) is 0 Å². The molecule has 0 aliphatic rings. The maximum Gasteiger partial charge on any atom is 0.0463 e. The van der Waals surface area contributed by atoms with E-state index in [1.807, 2.05) is 0 Å². The topological polar surface area (TPSA) is 9.72 Å². The molecule has 9 aromatic carbocycles. The standard InChI is InChI=1S/C62H53N3/c1-46-10-18-50(19-11-46)22-24-52-26-34-57(35-27-52)64(55-30-14-48(3)15-31-55)61-42-38-59(39-43-61)63(54-8-6-5-7-9-54)60-40-44-62(45-41-60)65(56-32-16-49(4)17-33-56)58-36-28-53(29-37-58)25-23-51-20-12-47(2)13-21-51/h5-45H,1-4H3/b24-22+,25-23+. The van der Waals surface area contributed by atoms with Crippen LogP contribution in [0.25, 0.3) is 24.3 Å². The minimum absolute atomic E-state index is 1.07. The zero-order valence-electron chi connectivity index (χ0n) is 37.5. The van der Waals surface area contributed by atoms with Gasteiger partial charge in [0.15, 0.2) is 0 Å². The monoisotopic (exact) mass is 839 g/mol. The van der Waals surface area contributed by atoms with Gasteiger partial charge in [-0.3, -0.25) is 0 Å². The molecule has 0 N–H and O–H groups in total. The summed E-state index contributed by atoms with van der Waals surface area (Å²) in [6.07, 6.45) is 8.69. The van der Waals surface area contributed by atoms with Crippen molar-refractivity contribution < 1.29 is 0 Å². The van der Waals surface area contributed by atoms with Gasteiger partial charge in [0.2, 0.25) is 0 Å². The number of para-hydroxylation sites is 1. The Labute approximate surface area is 385 Å². The molecule has 0 fully saturated rings. The molecule has 0 aliphatic heterocycles. The average Bonchev–Trinajstić information content (AvgIpc) is 3.35. The Morgan fingerprint density at radius 2 is 0.369 bits per heavy atom. The molecular weight excluding hydrogens is 787 g/mol. The van der Waals surface area contributed by atoms with E-state index >= 15 is 0 Å². The van der Waals surface area contributed by atoms with Gasteiger partial charge in [-0.15, -0.1) is 0 Å². The minimum Gasteiger partial charge on any atom is -0.311 e. The van der Waals surface area contributed by atoms with E-state index in [0.717, 1.165) is 62.3 Å². The molecule has 0 aliphatic carbocycles. The van der Waals surface area contributed by atoms with Crippen molar-refractivity contribution in [3.63, 3.8) is 0 Å². The van der Waals surface area contributed by atoms with Crippen LogP contribution in [0.4, 0.5) is 51.2 Å². The summed E-state index contributed by atoms with van der Waals surface area (Å²) in [5.41, 5.74) is 19.4. The van der Waals surface area contributed by atoms with E-state index in [0.29, 0.717) is 0 Å². The number of anilines is 9. The third-order valence-corrected chi connectivity index (χ3v) is 11.7. The fraction of sp³-hybridized carbons (Fsp3) is 0.0645. The summed E-state index contributed by atoms with van der Waals surface area (Å²) in [4.78, 5) is 6.97. The Morgan fingerprint density at radius 1 is 0.200 bits per heavy atom. The second-order valence-electron chi connectivity index (χ2n) is 16.7. The summed E-state index contributed by atoms with van der Waals surface area (Å²) >= 11 is 0. The second-order valence-corrected chi connectivity index (χ2v) is 16.7. The summed E-state index contributed by atoms with van der Waals surface area (Å²) in [5, 5.41) is 0. The number of benzene rings is 9. The second kappa shape index (κ2) is 19.5. The van der Waals surface area contributed by atoms with E-state index in [1.165, 1.54) is 33.4 Å². The minimum atomic E-state index is 1.07. The molecule has 3 nitrogen and oxygen atoms in total. The number of aryl methyl sites for hydroxylation is 4. The Bertz CT molecular complexity index is 2790. The molecule has 0 heterocycles. The molecule has 0 saturated carbocycles. The van der Waals surface area contributed by atoms with E-state index in [9.17, 15) is 0 Å². The highest BCUT2D eigenvalue weighted by molar-refractivity contribution is 5.84. The van der Waals surface area contributed by atoms with Gasteiger partial charge < -0.3 is 14.7 Å². The molecule has 0 atom stereocenters. The summed E-state index contributed by atoms with van der Waals surface area (Å²) in [5.74, 6) is 0. The van der Waals surface area contributed by atoms with Crippen LogP contribution in [0.15, 0.2) is 224 Å². The zero-order chi connectivity index (χ0) is 44.5. The molecule has 3 heteroatoms. The summed E-state index contributed by atoms with van der Waals surface area (Å²) in [6, 6.07) is 80.7. The summed E-state index contributed by atoms with van der Waals surface area (Å²) < 4.78 is 0. The number of hydrogen-bond acceptors (Lipinski definition) is 3. The Morgan fingerprint density at radius 3 is 0.615 bits per heavy atom. The fourth-order valence-corrected chi connectivity index (χ4v) is 8.02. The van der Waals surface area contributed by atoms with Crippen molar-refractivity contribution in [2.45, 2.75) is 27.7 Å². The highest BCUT2D eigenvalue weighted by Crippen LogP contribution is 2.41. The van der Waals surface area contributed by atoms with Crippen molar-refractivity contribution >= 4 is 75.5 Å². The lowest BCUT2D eigenvalue weighted by atomic mass is 10.1. The van der Waals surface area contributed by atoms with E-state index in [-0.39, 0.29) is 0 Å². The van der Waals surface area contributed by atoms with Crippen LogP contribution in [-0.2, 0) is 0 Å². The molecule has 65 heavy (non-hydrogen) atoms. The normalized spacial score (nSPS) is 11.3. The summed E-state index contributed by atoms with van der Waals surface area (Å²) in [6.45, 7) is 8.50. The predicted octanol–water partition coefficient (Wildman–Crippen LogP) is 17.7. The van der Waals surface area contributed by atoms with E-state index in [4.69, 9.17) is 0 Å². The van der Waals surface area contributed by atoms with Gasteiger partial charge in [-0.05, 0) is 159 Å². The third-order valence-electron chi connectivity index (χ3n) is 11.7. The van der Waals surface area contributed by atoms with E-state index in [1.54, 1.807) is 0 Å². The van der Waals surface area contributed by atoms with Crippen LogP contribution < -0.4 is 14.7 Å². The van der Waals surface area contributed by atoms with E-state index in [2.05, 4.69) is 291 Å². The molecule has 316 valence electrons. The highest BCUT2D eigenvalue weighted by atomic mass is 15.2. The molecule has 0 aromatic heterocycles. The zero-order valence-corrected chi connectivity index (χ0v) is 37.5. The maximum atomic E-state index is 2.32. The SMILES string of the molecule is Cc1ccc(/C=C/c2ccc(N(c3ccc(C)cc3)c3ccc(N(c4ccccc4)c4ccc(N(c5ccc(C)cc5)c5ccc(/C=C/c6ccc(C)cc6)cc5)cc4)cc3)cc2)cc1. The van der Waals surface area contributed by atoms with Crippen LogP contribution in [0.3, 0.4) is 0 Å². The van der Waals surface area contributed by atoms with Crippen LogP contribution in [-0.4, -0.2) is 0 Å². The number of hydrogen-bond donors (Lipinski definition) is 0. The average molecular weight is 840 g/mol. The quantitative estimate of drug-likeness (QED) is 0.107. The first-order chi connectivity index (χ1) is 31.8. The first-order valence-electron chi connectivity index (χ1n) is 22.3. The lowest BCUT2D eigenvalue weighted by molar-refractivity contribution is 1.24. The van der Waals surface area contributed by atoms with Crippen molar-refractivity contribution in [2.24, 2.45) is 0 Å². The molecule has 0 radical (unpaired) electrons. The van der Waals surface area contributed by atoms with Gasteiger partial charge in [-0.25, -0.2) is 0 Å². The Kier molecular flexibility index (Phi) is 12.7. The largest absolute Gasteiger partial charge is 0.311 e. The van der Waals surface area contributed by atoms with Crippen molar-refractivity contribution in [3.8, 4) is 0 Å². The molecule has 0 saturated heterocycles. The molecule has 9 aromatic rings. The van der Waals surface area contributed by atoms with Crippen molar-refractivity contribution in [1.82, 2.24) is 0 Å². The Balaban J connectivity index is 1.02. The lowest BCUT2D eigenvalue weighted by Crippen LogP contribution is -2.13. The fourth-order valence-electron chi connectivity index (χ4n) is 8.02. The van der Waals surface area contributed by atoms with Gasteiger partial charge in [0, 0.05) is 51.2 Å². The first-order valence-corrected chi connectivity index (χ1v) is 22.3. The highest BCUT2D eigenvalue weighted by Gasteiger charge is 2.18. The van der Waals surface area contributed by atoms with E-state index < -0.39 is 0 Å². The number of rotatable bonds is 13. The molecule has 0 spiro atoms. The third kappa shape index (κ3) is 10.2. The van der Waals surface area contributed by atoms with Crippen molar-refractivity contribution in [1.29, 1.82) is 0 Å². The molecule has 0 bridgehead atoms. The van der Waals surface area contributed by atoms with Gasteiger partial charge in [0.1, 0.15) is 0 Å². The van der Waals surface area contributed by atoms with Crippen LogP contribution in [0.2, 0.25) is 0 Å². The van der Waals surface area contributed by atoms with Gasteiger partial charge in [-0.1, -0.05) is 162 Å². The molecular formula is C62H53N3. The van der Waals surface area contributed by atoms with Gasteiger partial charge in [-0.2, -0.15) is 0 Å². The number of nitrogens with zero attached hydrogens (tertiary/aromatic N) is 3.